The Kier molecular flexibility index (Phi) is 6.03. The number of sulfone groups is 1. The molecule has 0 aliphatic heterocycles. The van der Waals surface area contributed by atoms with Crippen molar-refractivity contribution in [2.24, 2.45) is 0 Å². The first-order valence-corrected chi connectivity index (χ1v) is 12.3. The van der Waals surface area contributed by atoms with E-state index in [1.165, 1.54) is 12.1 Å². The highest BCUT2D eigenvalue weighted by atomic mass is 32.2. The minimum Gasteiger partial charge on any atom is -0.365 e. The topological polar surface area (TPSA) is 89.0 Å². The molecule has 2 aromatic heterocycles. The smallest absolute Gasteiger partial charge is 0.175 e. The lowest BCUT2D eigenvalue weighted by Crippen LogP contribution is -2.06. The third-order valence-electron chi connectivity index (χ3n) is 3.76. The highest BCUT2D eigenvalue weighted by Crippen LogP contribution is 2.22. The van der Waals surface area contributed by atoms with Gasteiger partial charge in [-0.05, 0) is 35.7 Å². The number of hydrogen-bond acceptors (Lipinski definition) is 7. The van der Waals surface area contributed by atoms with Gasteiger partial charge in [-0.15, -0.1) is 11.3 Å². The van der Waals surface area contributed by atoms with Gasteiger partial charge in [0.25, 0.3) is 0 Å². The fourth-order valence-corrected chi connectivity index (χ4v) is 4.35. The number of nitrogens with zero attached hydrogens (tertiary/aromatic N) is 2. The van der Waals surface area contributed by atoms with Crippen molar-refractivity contribution in [3.8, 4) is 11.4 Å². The third-order valence-corrected chi connectivity index (χ3v) is 6.97. The van der Waals surface area contributed by atoms with Crippen molar-refractivity contribution in [2.75, 3.05) is 17.3 Å². The normalized spacial score (nSPS) is 12.7. The van der Waals surface area contributed by atoms with Gasteiger partial charge < -0.3 is 5.32 Å². The van der Waals surface area contributed by atoms with E-state index in [0.29, 0.717) is 34.5 Å². The van der Waals surface area contributed by atoms with Crippen LogP contribution in [0.15, 0.2) is 57.8 Å². The van der Waals surface area contributed by atoms with Crippen molar-refractivity contribution in [1.82, 2.24) is 9.97 Å². The van der Waals surface area contributed by atoms with Crippen molar-refractivity contribution in [1.29, 1.82) is 0 Å². The van der Waals surface area contributed by atoms with Crippen molar-refractivity contribution in [2.45, 2.75) is 23.4 Å². The fourth-order valence-electron chi connectivity index (χ4n) is 2.35. The Morgan fingerprint density at radius 1 is 1.15 bits per heavy atom. The summed E-state index contributed by atoms with van der Waals surface area (Å²) in [6, 6.07) is 12.1. The van der Waals surface area contributed by atoms with Gasteiger partial charge in [0.2, 0.25) is 0 Å². The molecule has 0 radical (unpaired) electrons. The van der Waals surface area contributed by atoms with Gasteiger partial charge in [-0.25, -0.2) is 18.4 Å². The Hall–Kier alpha value is -2.10. The van der Waals surface area contributed by atoms with Crippen LogP contribution in [0.3, 0.4) is 0 Å². The molecular weight excluding hydrogens is 402 g/mol. The molecular formula is C18H19N3O3S3. The van der Waals surface area contributed by atoms with Crippen LogP contribution in [0.5, 0.6) is 0 Å². The number of benzene rings is 1. The summed E-state index contributed by atoms with van der Waals surface area (Å²) in [6.45, 7) is 2.44. The maximum atomic E-state index is 12.3. The highest BCUT2D eigenvalue weighted by molar-refractivity contribution is 7.90. The van der Waals surface area contributed by atoms with E-state index in [1.54, 1.807) is 29.5 Å². The van der Waals surface area contributed by atoms with Gasteiger partial charge in [0, 0.05) is 28.5 Å². The molecule has 27 heavy (non-hydrogen) atoms. The average molecular weight is 422 g/mol. The number of thiophene rings is 1. The quantitative estimate of drug-likeness (QED) is 0.589. The Morgan fingerprint density at radius 2 is 1.89 bits per heavy atom. The Labute approximate surface area is 165 Å². The lowest BCUT2D eigenvalue weighted by atomic mass is 10.2. The maximum Gasteiger partial charge on any atom is 0.175 e. The highest BCUT2D eigenvalue weighted by Gasteiger charge is 2.13. The lowest BCUT2D eigenvalue weighted by Gasteiger charge is -2.10. The molecule has 1 aromatic carbocycles. The summed E-state index contributed by atoms with van der Waals surface area (Å²) in [5.41, 5.74) is 0.663. The van der Waals surface area contributed by atoms with E-state index < -0.39 is 20.6 Å². The van der Waals surface area contributed by atoms with Gasteiger partial charge in [-0.2, -0.15) is 0 Å². The second-order valence-corrected chi connectivity index (χ2v) is 10.5. The summed E-state index contributed by atoms with van der Waals surface area (Å²) in [5.74, 6) is 1.44. The van der Waals surface area contributed by atoms with E-state index >= 15 is 0 Å². The fraction of sp³-hybridized carbons (Fsp3) is 0.222. The molecule has 0 aliphatic rings. The standard InChI is InChI=1S/C18H19N3O3S3/c1-3-26(22)17-11-16(19-12-14-5-4-10-25-14)20-18(21-17)13-6-8-15(9-7-13)27(2,23)24/h4-11H,3,12H2,1-2H3,(H,19,20,21). The minimum absolute atomic E-state index is 0.232. The number of anilines is 1. The summed E-state index contributed by atoms with van der Waals surface area (Å²) in [4.78, 5) is 10.3. The average Bonchev–Trinajstić information content (AvgIpc) is 3.18. The first kappa shape index (κ1) is 19.7. The van der Waals surface area contributed by atoms with Crippen molar-refractivity contribution < 1.29 is 12.6 Å². The van der Waals surface area contributed by atoms with Gasteiger partial charge in [0.15, 0.2) is 15.7 Å². The Morgan fingerprint density at radius 3 is 2.48 bits per heavy atom. The molecule has 1 unspecified atom stereocenters. The minimum atomic E-state index is -3.27. The number of nitrogens with one attached hydrogen (secondary N) is 1. The maximum absolute atomic E-state index is 12.3. The van der Waals surface area contributed by atoms with E-state index in [9.17, 15) is 12.6 Å². The number of hydrogen-bond donors (Lipinski definition) is 1. The van der Waals surface area contributed by atoms with Crippen molar-refractivity contribution in [3.05, 3.63) is 52.7 Å². The van der Waals surface area contributed by atoms with Gasteiger partial charge in [-0.1, -0.05) is 13.0 Å². The molecule has 3 aromatic rings. The van der Waals surface area contributed by atoms with Crippen LogP contribution in [0.2, 0.25) is 0 Å². The molecule has 3 rings (SSSR count). The molecule has 0 bridgehead atoms. The molecule has 6 nitrogen and oxygen atoms in total. The zero-order chi connectivity index (χ0) is 19.4. The van der Waals surface area contributed by atoms with Crippen LogP contribution in [0, 0.1) is 0 Å². The summed E-state index contributed by atoms with van der Waals surface area (Å²) in [6.07, 6.45) is 1.16. The predicted molar refractivity (Wildman–Crippen MR) is 109 cm³/mol. The molecule has 2 heterocycles. The van der Waals surface area contributed by atoms with Gasteiger partial charge in [-0.3, -0.25) is 4.21 Å². The second kappa shape index (κ2) is 8.28. The van der Waals surface area contributed by atoms with Crippen LogP contribution in [-0.2, 0) is 27.2 Å². The lowest BCUT2D eigenvalue weighted by molar-refractivity contribution is 0.602. The zero-order valence-corrected chi connectivity index (χ0v) is 17.3. The SMILES string of the molecule is CCS(=O)c1cc(NCc2cccs2)nc(-c2ccc(S(C)(=O)=O)cc2)n1. The molecule has 9 heteroatoms. The van der Waals surface area contributed by atoms with Crippen LogP contribution in [0.25, 0.3) is 11.4 Å². The van der Waals surface area contributed by atoms with E-state index in [2.05, 4.69) is 15.3 Å². The van der Waals surface area contributed by atoms with Crippen molar-refractivity contribution in [3.63, 3.8) is 0 Å². The van der Waals surface area contributed by atoms with Gasteiger partial charge in [0.05, 0.1) is 22.2 Å². The first-order valence-electron chi connectivity index (χ1n) is 8.21. The monoisotopic (exact) mass is 421 g/mol. The van der Waals surface area contributed by atoms with Crippen molar-refractivity contribution >= 4 is 37.8 Å². The van der Waals surface area contributed by atoms with Gasteiger partial charge >= 0.3 is 0 Å². The summed E-state index contributed by atoms with van der Waals surface area (Å²) < 4.78 is 35.6. The van der Waals surface area contributed by atoms with Crippen LogP contribution < -0.4 is 5.32 Å². The van der Waals surface area contributed by atoms with E-state index in [-0.39, 0.29) is 4.90 Å². The third kappa shape index (κ3) is 5.00. The molecule has 0 aliphatic carbocycles. The van der Waals surface area contributed by atoms with Crippen LogP contribution in [0.1, 0.15) is 11.8 Å². The summed E-state index contributed by atoms with van der Waals surface area (Å²) >= 11 is 1.64. The van der Waals surface area contributed by atoms with Crippen LogP contribution in [-0.4, -0.2) is 34.6 Å². The zero-order valence-electron chi connectivity index (χ0n) is 14.9. The largest absolute Gasteiger partial charge is 0.365 e. The van der Waals surface area contributed by atoms with E-state index in [0.717, 1.165) is 11.1 Å². The molecule has 0 saturated heterocycles. The Balaban J connectivity index is 1.95. The number of aromatic nitrogens is 2. The molecule has 0 saturated carbocycles. The van der Waals surface area contributed by atoms with E-state index in [4.69, 9.17) is 0 Å². The van der Waals surface area contributed by atoms with Crippen LogP contribution >= 0.6 is 11.3 Å². The summed E-state index contributed by atoms with van der Waals surface area (Å²) in [5, 5.41) is 5.69. The Bertz CT molecular complexity index is 1050. The second-order valence-electron chi connectivity index (χ2n) is 5.78. The van der Waals surface area contributed by atoms with Gasteiger partial charge in [0.1, 0.15) is 10.8 Å². The molecule has 1 atom stereocenters. The molecule has 0 spiro atoms. The predicted octanol–water partition coefficient (Wildman–Crippen LogP) is 3.35. The molecule has 0 amide bonds. The molecule has 1 N–H and O–H groups in total. The summed E-state index contributed by atoms with van der Waals surface area (Å²) in [7, 11) is -4.50. The van der Waals surface area contributed by atoms with E-state index in [1.807, 2.05) is 24.4 Å². The molecule has 0 fully saturated rings. The number of rotatable bonds is 7. The molecule has 142 valence electrons. The van der Waals surface area contributed by atoms with Crippen LogP contribution in [0.4, 0.5) is 5.82 Å². The first-order chi connectivity index (χ1) is 12.9.